The maximum Gasteiger partial charge on any atom is 0.0289 e. The van der Waals surface area contributed by atoms with Gasteiger partial charge in [-0.15, -0.1) is 0 Å². The Kier molecular flexibility index (Phi) is 3.00. The van der Waals surface area contributed by atoms with Crippen molar-refractivity contribution in [3.05, 3.63) is 60.2 Å². The van der Waals surface area contributed by atoms with Crippen LogP contribution in [0.1, 0.15) is 5.56 Å². The van der Waals surface area contributed by atoms with Crippen molar-refractivity contribution in [2.45, 2.75) is 5.33 Å². The van der Waals surface area contributed by atoms with Gasteiger partial charge in [-0.25, -0.2) is 0 Å². The van der Waals surface area contributed by atoms with Crippen LogP contribution in [0.3, 0.4) is 0 Å². The van der Waals surface area contributed by atoms with E-state index in [1.807, 2.05) is 12.1 Å². The van der Waals surface area contributed by atoms with Crippen molar-refractivity contribution in [3.63, 3.8) is 0 Å². The van der Waals surface area contributed by atoms with Crippen LogP contribution in [0.2, 0.25) is 0 Å². The molecule has 0 spiro atoms. The molecule has 0 unspecified atom stereocenters. The van der Waals surface area contributed by atoms with E-state index >= 15 is 0 Å². The van der Waals surface area contributed by atoms with Gasteiger partial charge in [-0.3, -0.25) is 0 Å². The topological polar surface area (TPSA) is 0 Å². The molecule has 0 aromatic heterocycles. The Morgan fingerprint density at radius 3 is 2.50 bits per heavy atom. The summed E-state index contributed by atoms with van der Waals surface area (Å²) in [7, 11) is 0. The predicted molar refractivity (Wildman–Crippen MR) is 63.3 cm³/mol. The Hall–Kier alpha value is -1.08. The highest BCUT2D eigenvalue weighted by atomic mass is 79.9. The molecule has 69 valence electrons. The second kappa shape index (κ2) is 4.43. The van der Waals surface area contributed by atoms with Crippen LogP contribution in [0.5, 0.6) is 0 Å². The van der Waals surface area contributed by atoms with Gasteiger partial charge in [0.05, 0.1) is 0 Å². The number of halogens is 1. The van der Waals surface area contributed by atoms with Crippen molar-refractivity contribution in [2.24, 2.45) is 0 Å². The monoisotopic (exact) mass is 245 g/mol. The first-order valence-electron chi connectivity index (χ1n) is 4.52. The fraction of sp³-hybridized carbons (Fsp3) is 0.0769. The highest BCUT2D eigenvalue weighted by molar-refractivity contribution is 9.08. The normalized spacial score (nSPS) is 10.1. The van der Waals surface area contributed by atoms with Crippen molar-refractivity contribution in [3.8, 4) is 11.1 Å². The largest absolute Gasteiger partial charge is 0.0876 e. The number of benzene rings is 2. The maximum atomic E-state index is 3.43. The summed E-state index contributed by atoms with van der Waals surface area (Å²) in [5.41, 5.74) is 3.69. The number of alkyl halides is 1. The molecule has 0 atom stereocenters. The molecular formula is C13H10Br. The zero-order valence-corrected chi connectivity index (χ0v) is 9.29. The van der Waals surface area contributed by atoms with Gasteiger partial charge < -0.3 is 0 Å². The van der Waals surface area contributed by atoms with Gasteiger partial charge in [-0.1, -0.05) is 58.4 Å². The van der Waals surface area contributed by atoms with Gasteiger partial charge in [-0.05, 0) is 28.8 Å². The Bertz CT molecular complexity index is 407. The second-order valence-corrected chi connectivity index (χ2v) is 3.66. The quantitative estimate of drug-likeness (QED) is 0.701. The predicted octanol–water partition coefficient (Wildman–Crippen LogP) is 4.05. The molecule has 0 bridgehead atoms. The lowest BCUT2D eigenvalue weighted by atomic mass is 10.0. The third-order valence-electron chi connectivity index (χ3n) is 2.11. The molecule has 0 heterocycles. The van der Waals surface area contributed by atoms with Gasteiger partial charge in [0, 0.05) is 5.33 Å². The summed E-state index contributed by atoms with van der Waals surface area (Å²) in [6.07, 6.45) is 0. The van der Waals surface area contributed by atoms with Crippen molar-refractivity contribution in [1.82, 2.24) is 0 Å². The fourth-order valence-electron chi connectivity index (χ4n) is 1.40. The minimum absolute atomic E-state index is 0.855. The minimum Gasteiger partial charge on any atom is -0.0876 e. The lowest BCUT2D eigenvalue weighted by molar-refractivity contribution is 1.42. The zero-order chi connectivity index (χ0) is 9.80. The van der Waals surface area contributed by atoms with Crippen LogP contribution < -0.4 is 0 Å². The standard InChI is InChI=1S/C13H10Br/c14-10-11-5-4-8-13(9-11)12-6-2-1-3-7-12/h1-4,6-9H,10H2. The average Bonchev–Trinajstić information content (AvgIpc) is 2.30. The summed E-state index contributed by atoms with van der Waals surface area (Å²) in [6.45, 7) is 0. The first-order valence-corrected chi connectivity index (χ1v) is 5.64. The third kappa shape index (κ3) is 2.05. The molecule has 0 saturated carbocycles. The highest BCUT2D eigenvalue weighted by Crippen LogP contribution is 2.20. The van der Waals surface area contributed by atoms with Crippen LogP contribution in [0, 0.1) is 6.07 Å². The molecule has 1 radical (unpaired) electrons. The first kappa shape index (κ1) is 9.47. The number of hydrogen-bond donors (Lipinski definition) is 0. The van der Waals surface area contributed by atoms with E-state index in [1.54, 1.807) is 0 Å². The van der Waals surface area contributed by atoms with E-state index in [0.717, 1.165) is 5.33 Å². The average molecular weight is 246 g/mol. The van der Waals surface area contributed by atoms with E-state index in [1.165, 1.54) is 16.7 Å². The van der Waals surface area contributed by atoms with Crippen LogP contribution in [-0.2, 0) is 5.33 Å². The van der Waals surface area contributed by atoms with Gasteiger partial charge in [0.1, 0.15) is 0 Å². The molecule has 0 aliphatic carbocycles. The molecule has 0 N–H and O–H groups in total. The fourth-order valence-corrected chi connectivity index (χ4v) is 1.73. The Balaban J connectivity index is 2.42. The summed E-state index contributed by atoms with van der Waals surface area (Å²) in [5.74, 6) is 0. The van der Waals surface area contributed by atoms with Crippen molar-refractivity contribution < 1.29 is 0 Å². The van der Waals surface area contributed by atoms with E-state index in [-0.39, 0.29) is 0 Å². The smallest absolute Gasteiger partial charge is 0.0289 e. The van der Waals surface area contributed by atoms with E-state index in [2.05, 4.69) is 58.4 Å². The molecule has 0 nitrogen and oxygen atoms in total. The maximum absolute atomic E-state index is 3.43. The summed E-state index contributed by atoms with van der Waals surface area (Å²) in [5, 5.41) is 0.855. The molecule has 0 fully saturated rings. The van der Waals surface area contributed by atoms with Crippen molar-refractivity contribution in [2.75, 3.05) is 0 Å². The highest BCUT2D eigenvalue weighted by Gasteiger charge is 1.97. The molecule has 0 aliphatic heterocycles. The summed E-state index contributed by atoms with van der Waals surface area (Å²) in [6, 6.07) is 19.8. The molecule has 2 aromatic carbocycles. The van der Waals surface area contributed by atoms with Crippen LogP contribution in [0.4, 0.5) is 0 Å². The first-order chi connectivity index (χ1) is 6.90. The van der Waals surface area contributed by atoms with E-state index < -0.39 is 0 Å². The van der Waals surface area contributed by atoms with Crippen LogP contribution in [-0.4, -0.2) is 0 Å². The van der Waals surface area contributed by atoms with Crippen LogP contribution in [0.15, 0.2) is 48.5 Å². The summed E-state index contributed by atoms with van der Waals surface area (Å²) >= 11 is 3.43. The van der Waals surface area contributed by atoms with Crippen molar-refractivity contribution in [1.29, 1.82) is 0 Å². The molecule has 2 rings (SSSR count). The van der Waals surface area contributed by atoms with Gasteiger partial charge in [0.2, 0.25) is 0 Å². The lowest BCUT2D eigenvalue weighted by Crippen LogP contribution is -1.80. The summed E-state index contributed by atoms with van der Waals surface area (Å²) < 4.78 is 0. The van der Waals surface area contributed by atoms with E-state index in [9.17, 15) is 0 Å². The lowest BCUT2D eigenvalue weighted by Gasteiger charge is -2.02. The molecular weight excluding hydrogens is 236 g/mol. The molecule has 1 heteroatoms. The third-order valence-corrected chi connectivity index (χ3v) is 2.72. The number of hydrogen-bond acceptors (Lipinski definition) is 0. The minimum atomic E-state index is 0.855. The zero-order valence-electron chi connectivity index (χ0n) is 7.70. The van der Waals surface area contributed by atoms with Crippen molar-refractivity contribution >= 4 is 15.9 Å². The Morgan fingerprint density at radius 1 is 1.00 bits per heavy atom. The van der Waals surface area contributed by atoms with Gasteiger partial charge in [0.15, 0.2) is 0 Å². The van der Waals surface area contributed by atoms with E-state index in [4.69, 9.17) is 0 Å². The molecule has 0 aliphatic rings. The van der Waals surface area contributed by atoms with Gasteiger partial charge in [0.25, 0.3) is 0 Å². The SMILES string of the molecule is BrCc1[c]ccc(-c2ccccc2)c1. The van der Waals surface area contributed by atoms with Gasteiger partial charge in [-0.2, -0.15) is 0 Å². The Morgan fingerprint density at radius 2 is 1.79 bits per heavy atom. The van der Waals surface area contributed by atoms with Gasteiger partial charge >= 0.3 is 0 Å². The molecule has 2 aromatic rings. The molecule has 0 saturated heterocycles. The second-order valence-electron chi connectivity index (χ2n) is 3.10. The molecule has 14 heavy (non-hydrogen) atoms. The van der Waals surface area contributed by atoms with Crippen LogP contribution in [0.25, 0.3) is 11.1 Å². The van der Waals surface area contributed by atoms with E-state index in [0.29, 0.717) is 0 Å². The summed E-state index contributed by atoms with van der Waals surface area (Å²) in [4.78, 5) is 0. The number of rotatable bonds is 2. The molecule has 0 amide bonds. The van der Waals surface area contributed by atoms with Crippen LogP contribution >= 0.6 is 15.9 Å². The Labute approximate surface area is 92.7 Å².